The first-order valence-electron chi connectivity index (χ1n) is 3.18. The van der Waals surface area contributed by atoms with Crippen molar-refractivity contribution >= 4 is 17.5 Å². The van der Waals surface area contributed by atoms with Crippen molar-refractivity contribution in [3.8, 4) is 0 Å². The van der Waals surface area contributed by atoms with E-state index in [0.717, 1.165) is 6.54 Å². The van der Waals surface area contributed by atoms with Crippen LogP contribution in [0.1, 0.15) is 6.92 Å². The summed E-state index contributed by atoms with van der Waals surface area (Å²) in [5, 5.41) is 0. The molecule has 0 aliphatic carbocycles. The molecule has 0 radical (unpaired) electrons. The van der Waals surface area contributed by atoms with Crippen LogP contribution in [0.2, 0.25) is 0 Å². The molecule has 0 unspecified atom stereocenters. The van der Waals surface area contributed by atoms with Crippen molar-refractivity contribution in [2.45, 2.75) is 6.92 Å². The molecule has 0 N–H and O–H groups in total. The van der Waals surface area contributed by atoms with Gasteiger partial charge in [0.05, 0.1) is 6.54 Å². The van der Waals surface area contributed by atoms with Crippen LogP contribution in [0.4, 0.5) is 0 Å². The van der Waals surface area contributed by atoms with Gasteiger partial charge < -0.3 is 0 Å². The molecule has 0 saturated heterocycles. The SMILES string of the molecule is CC1=NCC2=C1CSC2. The summed E-state index contributed by atoms with van der Waals surface area (Å²) in [6.45, 7) is 3.11. The molecule has 9 heavy (non-hydrogen) atoms. The maximum absolute atomic E-state index is 4.35. The fourth-order valence-corrected chi connectivity index (χ4v) is 2.51. The first kappa shape index (κ1) is 5.54. The highest BCUT2D eigenvalue weighted by atomic mass is 32.2. The van der Waals surface area contributed by atoms with E-state index < -0.39 is 0 Å². The summed E-state index contributed by atoms with van der Waals surface area (Å²) in [4.78, 5) is 4.35. The molecule has 0 aromatic heterocycles. The van der Waals surface area contributed by atoms with E-state index in [4.69, 9.17) is 0 Å². The zero-order valence-electron chi connectivity index (χ0n) is 5.48. The molecule has 0 atom stereocenters. The topological polar surface area (TPSA) is 12.4 Å². The predicted molar refractivity (Wildman–Crippen MR) is 42.3 cm³/mol. The van der Waals surface area contributed by atoms with Crippen molar-refractivity contribution < 1.29 is 0 Å². The highest BCUT2D eigenvalue weighted by molar-refractivity contribution is 8.00. The molecule has 0 bridgehead atoms. The minimum absolute atomic E-state index is 0.994. The van der Waals surface area contributed by atoms with E-state index in [1.54, 1.807) is 11.1 Å². The number of rotatable bonds is 0. The van der Waals surface area contributed by atoms with E-state index in [2.05, 4.69) is 11.9 Å². The van der Waals surface area contributed by atoms with Crippen LogP contribution in [0.25, 0.3) is 0 Å². The zero-order valence-corrected chi connectivity index (χ0v) is 6.29. The quantitative estimate of drug-likeness (QED) is 0.495. The second-order valence-electron chi connectivity index (χ2n) is 2.48. The first-order valence-corrected chi connectivity index (χ1v) is 4.33. The summed E-state index contributed by atoms with van der Waals surface area (Å²) in [5.41, 5.74) is 4.41. The number of thioether (sulfide) groups is 1. The van der Waals surface area contributed by atoms with Crippen molar-refractivity contribution in [1.29, 1.82) is 0 Å². The monoisotopic (exact) mass is 139 g/mol. The van der Waals surface area contributed by atoms with E-state index in [0.29, 0.717) is 0 Å². The molecule has 2 heterocycles. The summed E-state index contributed by atoms with van der Waals surface area (Å²) in [6, 6.07) is 0. The minimum Gasteiger partial charge on any atom is -0.285 e. The predicted octanol–water partition coefficient (Wildman–Crippen LogP) is 1.50. The summed E-state index contributed by atoms with van der Waals surface area (Å²) in [5.74, 6) is 2.45. The van der Waals surface area contributed by atoms with Crippen LogP contribution >= 0.6 is 11.8 Å². The number of hydrogen-bond acceptors (Lipinski definition) is 2. The summed E-state index contributed by atoms with van der Waals surface area (Å²) >= 11 is 2.01. The van der Waals surface area contributed by atoms with Crippen LogP contribution in [-0.2, 0) is 0 Å². The highest BCUT2D eigenvalue weighted by Gasteiger charge is 2.20. The standard InChI is InChI=1S/C7H9NS/c1-5-7-4-9-3-6(7)2-8-5/h2-4H2,1H3. The molecule has 2 rings (SSSR count). The van der Waals surface area contributed by atoms with Gasteiger partial charge in [0.25, 0.3) is 0 Å². The van der Waals surface area contributed by atoms with Gasteiger partial charge in [-0.05, 0) is 18.1 Å². The average molecular weight is 139 g/mol. The van der Waals surface area contributed by atoms with Crippen molar-refractivity contribution in [3.05, 3.63) is 11.1 Å². The van der Waals surface area contributed by atoms with E-state index >= 15 is 0 Å². The van der Waals surface area contributed by atoms with E-state index in [1.165, 1.54) is 17.2 Å². The molecule has 2 aliphatic heterocycles. The molecule has 0 amide bonds. The fraction of sp³-hybridized carbons (Fsp3) is 0.571. The van der Waals surface area contributed by atoms with Crippen LogP contribution in [0.5, 0.6) is 0 Å². The Bertz CT molecular complexity index is 203. The van der Waals surface area contributed by atoms with Crippen LogP contribution in [0.3, 0.4) is 0 Å². The maximum Gasteiger partial charge on any atom is 0.0617 e. The Balaban J connectivity index is 2.35. The lowest BCUT2D eigenvalue weighted by Crippen LogP contribution is -1.92. The average Bonchev–Trinajstić information content (AvgIpc) is 2.35. The Hall–Kier alpha value is -0.240. The Labute approximate surface area is 59.2 Å². The van der Waals surface area contributed by atoms with Crippen LogP contribution < -0.4 is 0 Å². The first-order chi connectivity index (χ1) is 4.38. The van der Waals surface area contributed by atoms with Crippen LogP contribution in [-0.4, -0.2) is 23.8 Å². The Morgan fingerprint density at radius 1 is 1.44 bits per heavy atom. The van der Waals surface area contributed by atoms with Gasteiger partial charge in [-0.25, -0.2) is 0 Å². The van der Waals surface area contributed by atoms with Gasteiger partial charge in [0.2, 0.25) is 0 Å². The smallest absolute Gasteiger partial charge is 0.0617 e. The maximum atomic E-state index is 4.35. The van der Waals surface area contributed by atoms with Crippen molar-refractivity contribution in [3.63, 3.8) is 0 Å². The van der Waals surface area contributed by atoms with Gasteiger partial charge in [-0.15, -0.1) is 0 Å². The molecule has 2 aliphatic rings. The number of nitrogens with zero attached hydrogens (tertiary/aromatic N) is 1. The van der Waals surface area contributed by atoms with Crippen LogP contribution in [0.15, 0.2) is 16.1 Å². The van der Waals surface area contributed by atoms with Gasteiger partial charge in [0, 0.05) is 17.2 Å². The molecule has 48 valence electrons. The fourth-order valence-electron chi connectivity index (χ4n) is 1.28. The van der Waals surface area contributed by atoms with Gasteiger partial charge in [0.1, 0.15) is 0 Å². The summed E-state index contributed by atoms with van der Waals surface area (Å²) in [7, 11) is 0. The van der Waals surface area contributed by atoms with Gasteiger partial charge in [-0.2, -0.15) is 11.8 Å². The lowest BCUT2D eigenvalue weighted by Gasteiger charge is -1.92. The third-order valence-corrected chi connectivity index (χ3v) is 2.94. The molecular formula is C7H9NS. The number of hydrogen-bond donors (Lipinski definition) is 0. The lowest BCUT2D eigenvalue weighted by atomic mass is 10.1. The van der Waals surface area contributed by atoms with E-state index in [1.807, 2.05) is 11.8 Å². The van der Waals surface area contributed by atoms with Crippen molar-refractivity contribution in [2.75, 3.05) is 18.1 Å². The van der Waals surface area contributed by atoms with Gasteiger partial charge in [0.15, 0.2) is 0 Å². The highest BCUT2D eigenvalue weighted by Crippen LogP contribution is 2.29. The van der Waals surface area contributed by atoms with Crippen LogP contribution in [0, 0.1) is 0 Å². The third-order valence-electron chi connectivity index (χ3n) is 1.89. The molecule has 2 heteroatoms. The zero-order chi connectivity index (χ0) is 6.27. The Kier molecular flexibility index (Phi) is 1.15. The molecule has 0 saturated carbocycles. The molecule has 0 aromatic carbocycles. The third kappa shape index (κ3) is 0.732. The second-order valence-corrected chi connectivity index (χ2v) is 3.46. The van der Waals surface area contributed by atoms with E-state index in [9.17, 15) is 0 Å². The Morgan fingerprint density at radius 3 is 3.11 bits per heavy atom. The molecular weight excluding hydrogens is 130 g/mol. The van der Waals surface area contributed by atoms with Crippen molar-refractivity contribution in [1.82, 2.24) is 0 Å². The number of aliphatic imine (C=N–C) groups is 1. The second kappa shape index (κ2) is 1.87. The van der Waals surface area contributed by atoms with Gasteiger partial charge in [-0.1, -0.05) is 0 Å². The van der Waals surface area contributed by atoms with E-state index in [-0.39, 0.29) is 0 Å². The molecule has 1 nitrogen and oxygen atoms in total. The summed E-state index contributed by atoms with van der Waals surface area (Å²) < 4.78 is 0. The lowest BCUT2D eigenvalue weighted by molar-refractivity contribution is 1.18. The van der Waals surface area contributed by atoms with Gasteiger partial charge >= 0.3 is 0 Å². The van der Waals surface area contributed by atoms with Gasteiger partial charge in [-0.3, -0.25) is 4.99 Å². The molecule has 0 spiro atoms. The Morgan fingerprint density at radius 2 is 2.33 bits per heavy atom. The normalized spacial score (nSPS) is 24.8. The largest absolute Gasteiger partial charge is 0.285 e. The molecule has 0 aromatic rings. The van der Waals surface area contributed by atoms with Crippen molar-refractivity contribution in [2.24, 2.45) is 4.99 Å². The minimum atomic E-state index is 0.994. The molecule has 0 fully saturated rings. The summed E-state index contributed by atoms with van der Waals surface area (Å²) in [6.07, 6.45) is 0.